The molecule has 0 saturated carbocycles. The number of carbonyl (C=O) groups is 1. The van der Waals surface area contributed by atoms with Crippen molar-refractivity contribution in [3.05, 3.63) is 35.9 Å². The Labute approximate surface area is 131 Å². The minimum absolute atomic E-state index is 0.106. The second-order valence-electron chi connectivity index (χ2n) is 4.74. The molecule has 6 nitrogen and oxygen atoms in total. The molecule has 1 amide bonds. The summed E-state index contributed by atoms with van der Waals surface area (Å²) in [7, 11) is -3.18. The average molecular weight is 329 g/mol. The van der Waals surface area contributed by atoms with E-state index in [-0.39, 0.29) is 18.8 Å². The van der Waals surface area contributed by atoms with Gasteiger partial charge in [0.1, 0.15) is 6.61 Å². The smallest absolute Gasteiger partial charge is 0.407 e. The standard InChI is InChI=1S/C15H24NO5P/c1-4-20-22(18,21-5-2)12-13(3)16-15(17)19-11-14-9-7-6-8-10-14/h6-10,13H,4-5,11-12H2,1-3H3,(H,16,17)/t13-/m0/s1. The zero-order valence-electron chi connectivity index (χ0n) is 13.3. The molecule has 1 aromatic carbocycles. The maximum absolute atomic E-state index is 12.3. The highest BCUT2D eigenvalue weighted by Gasteiger charge is 2.27. The lowest BCUT2D eigenvalue weighted by Crippen LogP contribution is -2.35. The number of benzene rings is 1. The Balaban J connectivity index is 2.41. The van der Waals surface area contributed by atoms with Crippen LogP contribution in [0.4, 0.5) is 4.79 Å². The number of hydrogen-bond acceptors (Lipinski definition) is 5. The van der Waals surface area contributed by atoms with Crippen molar-refractivity contribution in [3.8, 4) is 0 Å². The second-order valence-corrected chi connectivity index (χ2v) is 6.84. The first kappa shape index (κ1) is 18.7. The third-order valence-corrected chi connectivity index (χ3v) is 5.02. The first-order valence-electron chi connectivity index (χ1n) is 7.34. The summed E-state index contributed by atoms with van der Waals surface area (Å²) >= 11 is 0. The van der Waals surface area contributed by atoms with Gasteiger partial charge in [0.25, 0.3) is 0 Å². The van der Waals surface area contributed by atoms with E-state index in [1.807, 2.05) is 30.3 Å². The van der Waals surface area contributed by atoms with Crippen molar-refractivity contribution in [1.29, 1.82) is 0 Å². The number of hydrogen-bond donors (Lipinski definition) is 1. The molecule has 1 N–H and O–H groups in total. The first-order valence-corrected chi connectivity index (χ1v) is 9.07. The zero-order valence-corrected chi connectivity index (χ0v) is 14.2. The number of ether oxygens (including phenoxy) is 1. The lowest BCUT2D eigenvalue weighted by Gasteiger charge is -2.21. The Morgan fingerprint density at radius 1 is 1.18 bits per heavy atom. The van der Waals surface area contributed by atoms with Crippen molar-refractivity contribution >= 4 is 13.7 Å². The summed E-state index contributed by atoms with van der Waals surface area (Å²) in [6.45, 7) is 6.00. The van der Waals surface area contributed by atoms with E-state index < -0.39 is 13.7 Å². The molecule has 0 aliphatic rings. The third-order valence-electron chi connectivity index (χ3n) is 2.73. The highest BCUT2D eigenvalue weighted by Crippen LogP contribution is 2.48. The van der Waals surface area contributed by atoms with Crippen LogP contribution in [-0.2, 0) is 25.0 Å². The highest BCUT2D eigenvalue weighted by atomic mass is 31.2. The van der Waals surface area contributed by atoms with Crippen LogP contribution >= 0.6 is 7.60 Å². The van der Waals surface area contributed by atoms with Gasteiger partial charge in [-0.2, -0.15) is 0 Å². The van der Waals surface area contributed by atoms with Crippen LogP contribution in [0.1, 0.15) is 26.3 Å². The fraction of sp³-hybridized carbons (Fsp3) is 0.533. The van der Waals surface area contributed by atoms with Gasteiger partial charge in [0.15, 0.2) is 0 Å². The molecule has 0 radical (unpaired) electrons. The van der Waals surface area contributed by atoms with Crippen LogP contribution in [0.2, 0.25) is 0 Å². The molecule has 0 heterocycles. The lowest BCUT2D eigenvalue weighted by atomic mass is 10.2. The van der Waals surface area contributed by atoms with Gasteiger partial charge in [-0.25, -0.2) is 4.79 Å². The van der Waals surface area contributed by atoms with Gasteiger partial charge in [-0.15, -0.1) is 0 Å². The summed E-state index contributed by atoms with van der Waals surface area (Å²) in [6.07, 6.45) is -0.453. The lowest BCUT2D eigenvalue weighted by molar-refractivity contribution is 0.136. The molecule has 0 fully saturated rings. The summed E-state index contributed by atoms with van der Waals surface area (Å²) in [4.78, 5) is 11.7. The number of alkyl carbamates (subject to hydrolysis) is 1. The Morgan fingerprint density at radius 2 is 1.77 bits per heavy atom. The minimum Gasteiger partial charge on any atom is -0.445 e. The molecule has 124 valence electrons. The van der Waals surface area contributed by atoms with E-state index >= 15 is 0 Å². The van der Waals surface area contributed by atoms with Gasteiger partial charge < -0.3 is 19.1 Å². The maximum Gasteiger partial charge on any atom is 0.407 e. The number of nitrogens with one attached hydrogen (secondary N) is 1. The van der Waals surface area contributed by atoms with Gasteiger partial charge in [-0.05, 0) is 26.3 Å². The van der Waals surface area contributed by atoms with Gasteiger partial charge in [0.05, 0.1) is 19.4 Å². The Kier molecular flexibility index (Phi) is 8.17. The van der Waals surface area contributed by atoms with E-state index in [9.17, 15) is 9.36 Å². The molecule has 7 heteroatoms. The van der Waals surface area contributed by atoms with Crippen molar-refractivity contribution in [2.75, 3.05) is 19.4 Å². The predicted octanol–water partition coefficient (Wildman–Crippen LogP) is 3.57. The molecule has 0 spiro atoms. The molecule has 0 bridgehead atoms. The SMILES string of the molecule is CCOP(=O)(C[C@H](C)NC(=O)OCc1ccccc1)OCC. The molecule has 0 aliphatic carbocycles. The van der Waals surface area contributed by atoms with E-state index in [1.54, 1.807) is 20.8 Å². The van der Waals surface area contributed by atoms with Crippen molar-refractivity contribution < 1.29 is 23.1 Å². The molecule has 1 atom stereocenters. The van der Waals surface area contributed by atoms with E-state index in [1.165, 1.54) is 0 Å². The summed E-state index contributed by atoms with van der Waals surface area (Å²) in [5, 5.41) is 2.63. The highest BCUT2D eigenvalue weighted by molar-refractivity contribution is 7.53. The summed E-state index contributed by atoms with van der Waals surface area (Å²) in [6, 6.07) is 9.00. The summed E-state index contributed by atoms with van der Waals surface area (Å²) < 4.78 is 27.8. The summed E-state index contributed by atoms with van der Waals surface area (Å²) in [5.74, 6) is 0. The Morgan fingerprint density at radius 3 is 2.32 bits per heavy atom. The van der Waals surface area contributed by atoms with E-state index in [4.69, 9.17) is 13.8 Å². The van der Waals surface area contributed by atoms with Gasteiger partial charge in [0.2, 0.25) is 0 Å². The van der Waals surface area contributed by atoms with E-state index in [2.05, 4.69) is 5.32 Å². The van der Waals surface area contributed by atoms with Crippen LogP contribution in [0.15, 0.2) is 30.3 Å². The monoisotopic (exact) mass is 329 g/mol. The van der Waals surface area contributed by atoms with Gasteiger partial charge >= 0.3 is 13.7 Å². The van der Waals surface area contributed by atoms with Crippen molar-refractivity contribution in [2.24, 2.45) is 0 Å². The average Bonchev–Trinajstić information content (AvgIpc) is 2.46. The van der Waals surface area contributed by atoms with E-state index in [0.717, 1.165) is 5.56 Å². The molecule has 1 aromatic rings. The summed E-state index contributed by atoms with van der Waals surface area (Å²) in [5.41, 5.74) is 0.902. The third kappa shape index (κ3) is 7.07. The largest absolute Gasteiger partial charge is 0.445 e. The van der Waals surface area contributed by atoms with Crippen molar-refractivity contribution in [1.82, 2.24) is 5.32 Å². The Bertz CT molecular complexity index is 484. The quantitative estimate of drug-likeness (QED) is 0.701. The van der Waals surface area contributed by atoms with Gasteiger partial charge in [-0.1, -0.05) is 30.3 Å². The normalized spacial score (nSPS) is 12.7. The van der Waals surface area contributed by atoms with Crippen LogP contribution < -0.4 is 5.32 Å². The number of carbonyl (C=O) groups excluding carboxylic acids is 1. The molecule has 0 saturated heterocycles. The Hall–Kier alpha value is -1.36. The van der Waals surface area contributed by atoms with Crippen LogP contribution in [0.3, 0.4) is 0 Å². The zero-order chi connectivity index (χ0) is 16.4. The maximum atomic E-state index is 12.3. The minimum atomic E-state index is -3.18. The molecule has 0 aromatic heterocycles. The van der Waals surface area contributed by atoms with Crippen molar-refractivity contribution in [2.45, 2.75) is 33.4 Å². The molecular formula is C15H24NO5P. The first-order chi connectivity index (χ1) is 10.5. The van der Waals surface area contributed by atoms with Crippen LogP contribution in [-0.4, -0.2) is 31.5 Å². The van der Waals surface area contributed by atoms with Crippen LogP contribution in [0, 0.1) is 0 Å². The molecule has 22 heavy (non-hydrogen) atoms. The fourth-order valence-electron chi connectivity index (χ4n) is 1.88. The fourth-order valence-corrected chi connectivity index (χ4v) is 3.72. The van der Waals surface area contributed by atoms with Crippen LogP contribution in [0.5, 0.6) is 0 Å². The topological polar surface area (TPSA) is 73.9 Å². The number of amides is 1. The van der Waals surface area contributed by atoms with Gasteiger partial charge in [0, 0.05) is 6.04 Å². The van der Waals surface area contributed by atoms with Crippen LogP contribution in [0.25, 0.3) is 0 Å². The van der Waals surface area contributed by atoms with Crippen molar-refractivity contribution in [3.63, 3.8) is 0 Å². The number of rotatable bonds is 9. The second kappa shape index (κ2) is 9.62. The molecule has 0 unspecified atom stereocenters. The molecule has 0 aliphatic heterocycles. The molecule has 1 rings (SSSR count). The molecular weight excluding hydrogens is 305 g/mol. The predicted molar refractivity (Wildman–Crippen MR) is 85.0 cm³/mol. The van der Waals surface area contributed by atoms with E-state index in [0.29, 0.717) is 13.2 Å². The van der Waals surface area contributed by atoms with Gasteiger partial charge in [-0.3, -0.25) is 4.57 Å².